The minimum atomic E-state index is -0.442. The van der Waals surface area contributed by atoms with Crippen molar-refractivity contribution in [1.82, 2.24) is 30.1 Å². The van der Waals surface area contributed by atoms with Crippen LogP contribution < -0.4 is 5.32 Å². The quantitative estimate of drug-likeness (QED) is 0.332. The number of esters is 1. The van der Waals surface area contributed by atoms with Crippen LogP contribution in [0.15, 0.2) is 41.1 Å². The van der Waals surface area contributed by atoms with Gasteiger partial charge in [0, 0.05) is 37.0 Å². The lowest BCUT2D eigenvalue weighted by atomic mass is 10.1. The molecule has 0 saturated heterocycles. The van der Waals surface area contributed by atoms with Crippen LogP contribution in [-0.4, -0.2) is 48.7 Å². The van der Waals surface area contributed by atoms with E-state index in [1.54, 1.807) is 13.1 Å². The van der Waals surface area contributed by atoms with Gasteiger partial charge in [-0.1, -0.05) is 17.3 Å². The zero-order valence-corrected chi connectivity index (χ0v) is 19.9. The maximum absolute atomic E-state index is 12.3. The number of carbonyl (C=O) groups is 1. The van der Waals surface area contributed by atoms with Gasteiger partial charge in [0.2, 0.25) is 11.7 Å². The molecule has 5 rings (SSSR count). The van der Waals surface area contributed by atoms with Gasteiger partial charge < -0.3 is 19.6 Å². The number of nitrogens with zero attached hydrogens (tertiary/aromatic N) is 5. The number of ether oxygens (including phenoxy) is 1. The molecule has 0 amide bonds. The maximum Gasteiger partial charge on any atom is 0.357 e. The number of fused-ring (bicyclic) bond motifs is 2. The monoisotopic (exact) mass is 471 g/mol. The molecular weight excluding hydrogens is 446 g/mol. The van der Waals surface area contributed by atoms with Crippen molar-refractivity contribution >= 4 is 33.7 Å². The van der Waals surface area contributed by atoms with Crippen LogP contribution in [0.1, 0.15) is 41.6 Å². The number of aromatic nitrogens is 6. The average molecular weight is 472 g/mol. The molecule has 4 aromatic heterocycles. The molecule has 10 heteroatoms. The van der Waals surface area contributed by atoms with Gasteiger partial charge in [0.25, 0.3) is 0 Å². The summed E-state index contributed by atoms with van der Waals surface area (Å²) in [5.41, 5.74) is 3.15. The molecule has 178 valence electrons. The van der Waals surface area contributed by atoms with Gasteiger partial charge in [-0.05, 0) is 49.9 Å². The number of pyridine rings is 2. The number of nitrogens with one attached hydrogen (secondary N) is 2. The van der Waals surface area contributed by atoms with Crippen LogP contribution in [0.3, 0.4) is 0 Å². The van der Waals surface area contributed by atoms with Gasteiger partial charge in [-0.15, -0.1) is 0 Å². The number of hydrogen-bond donors (Lipinski definition) is 2. The second-order valence-corrected chi connectivity index (χ2v) is 8.57. The number of aromatic amines is 1. The van der Waals surface area contributed by atoms with Gasteiger partial charge in [-0.25, -0.2) is 19.7 Å². The molecule has 0 aliphatic heterocycles. The van der Waals surface area contributed by atoms with E-state index in [-0.39, 0.29) is 11.8 Å². The van der Waals surface area contributed by atoms with Crippen molar-refractivity contribution in [2.75, 3.05) is 11.9 Å². The van der Waals surface area contributed by atoms with Crippen LogP contribution in [0.25, 0.3) is 33.3 Å². The third-order valence-corrected chi connectivity index (χ3v) is 5.46. The number of carbonyl (C=O) groups excluding carboxylic acids is 1. The molecule has 0 atom stereocenters. The fourth-order valence-corrected chi connectivity index (χ4v) is 3.85. The van der Waals surface area contributed by atoms with E-state index in [0.717, 1.165) is 39.1 Å². The Kier molecular flexibility index (Phi) is 5.86. The predicted molar refractivity (Wildman–Crippen MR) is 131 cm³/mol. The van der Waals surface area contributed by atoms with Gasteiger partial charge in [0.1, 0.15) is 11.6 Å². The molecule has 0 saturated carbocycles. The second-order valence-electron chi connectivity index (χ2n) is 8.57. The van der Waals surface area contributed by atoms with Crippen LogP contribution in [0.5, 0.6) is 0 Å². The van der Waals surface area contributed by atoms with E-state index in [4.69, 9.17) is 9.26 Å². The highest BCUT2D eigenvalue weighted by Gasteiger charge is 2.17. The molecule has 1 aromatic carbocycles. The minimum absolute atomic E-state index is 0.213. The third-order valence-electron chi connectivity index (χ3n) is 5.46. The van der Waals surface area contributed by atoms with Gasteiger partial charge in [0.05, 0.1) is 11.6 Å². The zero-order chi connectivity index (χ0) is 24.5. The molecule has 4 heterocycles. The second kappa shape index (κ2) is 9.13. The van der Waals surface area contributed by atoms with Crippen molar-refractivity contribution in [3.05, 3.63) is 59.5 Å². The molecular formula is C25H25N7O3. The minimum Gasteiger partial charge on any atom is -0.458 e. The van der Waals surface area contributed by atoms with Crippen LogP contribution >= 0.6 is 0 Å². The Morgan fingerprint density at radius 3 is 2.77 bits per heavy atom. The molecule has 0 spiro atoms. The Balaban J connectivity index is 1.33. The molecule has 5 aromatic rings. The topological polar surface area (TPSA) is 132 Å². The van der Waals surface area contributed by atoms with Crippen molar-refractivity contribution in [3.63, 3.8) is 0 Å². The average Bonchev–Trinajstić information content (AvgIpc) is 3.43. The normalized spacial score (nSPS) is 11.5. The fourth-order valence-electron chi connectivity index (χ4n) is 3.85. The van der Waals surface area contributed by atoms with Gasteiger partial charge in [-0.3, -0.25) is 0 Å². The van der Waals surface area contributed by atoms with Gasteiger partial charge in [-0.2, -0.15) is 4.98 Å². The Labute approximate surface area is 201 Å². The first-order valence-electron chi connectivity index (χ1n) is 11.4. The first kappa shape index (κ1) is 22.5. The Hall–Kier alpha value is -4.34. The van der Waals surface area contributed by atoms with E-state index < -0.39 is 5.97 Å². The molecule has 10 nitrogen and oxygen atoms in total. The first-order valence-corrected chi connectivity index (χ1v) is 11.4. The standard InChI is InChI=1S/C25H25N7O3/c1-13(2)34-25(33)21-14(3)11-19-24(31-21)30-20(29-19)8-10-27-23-18-12-17(22-28-15(4)35-32-22)6-5-16(18)7-9-26-23/h5-7,9,11-13H,8,10H2,1-4H3,(H,26,27)(H,29,30,31). The fraction of sp³-hybridized carbons (Fsp3) is 0.280. The largest absolute Gasteiger partial charge is 0.458 e. The number of benzene rings is 1. The molecule has 0 radical (unpaired) electrons. The summed E-state index contributed by atoms with van der Waals surface area (Å²) in [6.45, 7) is 7.81. The summed E-state index contributed by atoms with van der Waals surface area (Å²) in [5.74, 6) is 2.14. The Morgan fingerprint density at radius 2 is 2.00 bits per heavy atom. The lowest BCUT2D eigenvalue weighted by Gasteiger charge is -2.09. The molecule has 0 unspecified atom stereocenters. The van der Waals surface area contributed by atoms with Crippen molar-refractivity contribution in [1.29, 1.82) is 0 Å². The van der Waals surface area contributed by atoms with E-state index in [1.165, 1.54) is 0 Å². The highest BCUT2D eigenvalue weighted by molar-refractivity contribution is 5.94. The van der Waals surface area contributed by atoms with Crippen LogP contribution in [0, 0.1) is 13.8 Å². The lowest BCUT2D eigenvalue weighted by molar-refractivity contribution is 0.0370. The molecule has 0 aliphatic rings. The Morgan fingerprint density at radius 1 is 1.14 bits per heavy atom. The predicted octanol–water partition coefficient (Wildman–Crippen LogP) is 4.39. The molecule has 0 aliphatic carbocycles. The number of aryl methyl sites for hydroxylation is 2. The Bertz CT molecular complexity index is 1540. The lowest BCUT2D eigenvalue weighted by Crippen LogP contribution is -2.14. The zero-order valence-electron chi connectivity index (χ0n) is 19.9. The SMILES string of the molecule is Cc1nc(-c2ccc3ccnc(NCCc4nc5nc(C(=O)OC(C)C)c(C)cc5[nH]4)c3c2)no1. The smallest absolute Gasteiger partial charge is 0.357 e. The number of anilines is 1. The molecule has 0 fully saturated rings. The van der Waals surface area contributed by atoms with Crippen LogP contribution in [0.4, 0.5) is 5.82 Å². The summed E-state index contributed by atoms with van der Waals surface area (Å²) in [4.78, 5) is 33.4. The summed E-state index contributed by atoms with van der Waals surface area (Å²) >= 11 is 0. The van der Waals surface area contributed by atoms with Crippen molar-refractivity contribution in [2.24, 2.45) is 0 Å². The summed E-state index contributed by atoms with van der Waals surface area (Å²) in [6.07, 6.45) is 2.17. The number of hydrogen-bond acceptors (Lipinski definition) is 9. The number of rotatable bonds is 7. The number of H-pyrrole nitrogens is 1. The van der Waals surface area contributed by atoms with Crippen LogP contribution in [0.2, 0.25) is 0 Å². The molecule has 2 N–H and O–H groups in total. The third kappa shape index (κ3) is 4.68. The summed E-state index contributed by atoms with van der Waals surface area (Å²) < 4.78 is 10.4. The highest BCUT2D eigenvalue weighted by atomic mass is 16.5. The van der Waals surface area contributed by atoms with E-state index in [9.17, 15) is 4.79 Å². The highest BCUT2D eigenvalue weighted by Crippen LogP contribution is 2.26. The maximum atomic E-state index is 12.3. The van der Waals surface area contributed by atoms with Gasteiger partial charge >= 0.3 is 5.97 Å². The summed E-state index contributed by atoms with van der Waals surface area (Å²) in [5, 5.41) is 9.42. The molecule has 0 bridgehead atoms. The van der Waals surface area contributed by atoms with E-state index >= 15 is 0 Å². The van der Waals surface area contributed by atoms with Crippen molar-refractivity contribution in [3.8, 4) is 11.4 Å². The first-order chi connectivity index (χ1) is 16.9. The summed E-state index contributed by atoms with van der Waals surface area (Å²) in [7, 11) is 0. The van der Waals surface area contributed by atoms with E-state index in [0.29, 0.717) is 30.3 Å². The van der Waals surface area contributed by atoms with E-state index in [2.05, 4.69) is 35.4 Å². The van der Waals surface area contributed by atoms with Gasteiger partial charge in [0.15, 0.2) is 11.3 Å². The van der Waals surface area contributed by atoms with E-state index in [1.807, 2.05) is 51.1 Å². The number of imidazole rings is 1. The van der Waals surface area contributed by atoms with Crippen molar-refractivity contribution in [2.45, 2.75) is 40.2 Å². The summed E-state index contributed by atoms with van der Waals surface area (Å²) in [6, 6.07) is 9.81. The van der Waals surface area contributed by atoms with Crippen LogP contribution in [-0.2, 0) is 11.2 Å². The molecule has 35 heavy (non-hydrogen) atoms. The van der Waals surface area contributed by atoms with Crippen molar-refractivity contribution < 1.29 is 14.1 Å².